The molecule has 1 rings (SSSR count). The van der Waals surface area contributed by atoms with Crippen LogP contribution in [0.5, 0.6) is 5.75 Å². The minimum absolute atomic E-state index is 0.130. The number of phenols is 1. The number of halogens is 1. The van der Waals surface area contributed by atoms with Crippen LogP contribution in [0, 0.1) is 13.8 Å². The van der Waals surface area contributed by atoms with E-state index in [9.17, 15) is 9.90 Å². The SMILES string of the molecule is CC(=O)Cc1cc(C)c(O)c(Br)c1C. The van der Waals surface area contributed by atoms with Crippen LogP contribution in [0.3, 0.4) is 0 Å². The molecule has 0 heterocycles. The molecule has 1 aromatic rings. The Kier molecular flexibility index (Phi) is 3.32. The Morgan fingerprint density at radius 2 is 2.07 bits per heavy atom. The quantitative estimate of drug-likeness (QED) is 0.884. The molecule has 1 N–H and O–H groups in total. The van der Waals surface area contributed by atoms with Crippen LogP contribution in [0.15, 0.2) is 10.5 Å². The summed E-state index contributed by atoms with van der Waals surface area (Å²) in [5, 5.41) is 9.61. The molecule has 14 heavy (non-hydrogen) atoms. The van der Waals surface area contributed by atoms with Crippen LogP contribution in [-0.2, 0) is 11.2 Å². The third kappa shape index (κ3) is 2.15. The minimum atomic E-state index is 0.130. The van der Waals surface area contributed by atoms with E-state index in [2.05, 4.69) is 15.9 Å². The van der Waals surface area contributed by atoms with Crippen LogP contribution < -0.4 is 0 Å². The molecular weight excluding hydrogens is 244 g/mol. The Hall–Kier alpha value is -0.830. The van der Waals surface area contributed by atoms with Gasteiger partial charge in [-0.05, 0) is 53.4 Å². The summed E-state index contributed by atoms with van der Waals surface area (Å²) in [5.74, 6) is 0.389. The van der Waals surface area contributed by atoms with Crippen molar-refractivity contribution in [2.24, 2.45) is 0 Å². The van der Waals surface area contributed by atoms with E-state index in [4.69, 9.17) is 0 Å². The smallest absolute Gasteiger partial charge is 0.134 e. The van der Waals surface area contributed by atoms with E-state index in [0.717, 1.165) is 16.7 Å². The van der Waals surface area contributed by atoms with Gasteiger partial charge in [0.2, 0.25) is 0 Å². The van der Waals surface area contributed by atoms with E-state index in [-0.39, 0.29) is 11.5 Å². The molecule has 0 bridgehead atoms. The molecule has 0 saturated heterocycles. The van der Waals surface area contributed by atoms with Gasteiger partial charge < -0.3 is 5.11 Å². The maximum Gasteiger partial charge on any atom is 0.134 e. The van der Waals surface area contributed by atoms with Crippen molar-refractivity contribution < 1.29 is 9.90 Å². The first-order chi connectivity index (χ1) is 6.43. The Morgan fingerprint density at radius 1 is 1.50 bits per heavy atom. The first kappa shape index (κ1) is 11.2. The first-order valence-corrected chi connectivity index (χ1v) is 5.19. The average molecular weight is 257 g/mol. The Labute approximate surface area is 92.1 Å². The number of phenolic OH excluding ortho intramolecular Hbond substituents is 1. The fourth-order valence-corrected chi connectivity index (χ4v) is 1.95. The van der Waals surface area contributed by atoms with E-state index < -0.39 is 0 Å². The number of aromatic hydroxyl groups is 1. The van der Waals surface area contributed by atoms with Gasteiger partial charge in [-0.2, -0.15) is 0 Å². The maximum absolute atomic E-state index is 11.0. The normalized spacial score (nSPS) is 10.3. The first-order valence-electron chi connectivity index (χ1n) is 4.40. The van der Waals surface area contributed by atoms with Crippen molar-refractivity contribution in [3.63, 3.8) is 0 Å². The van der Waals surface area contributed by atoms with Crippen LogP contribution in [0.2, 0.25) is 0 Å². The van der Waals surface area contributed by atoms with Gasteiger partial charge in [-0.1, -0.05) is 6.07 Å². The highest BCUT2D eigenvalue weighted by Crippen LogP contribution is 2.33. The van der Waals surface area contributed by atoms with Crippen LogP contribution in [-0.4, -0.2) is 10.9 Å². The van der Waals surface area contributed by atoms with Gasteiger partial charge in [0.15, 0.2) is 0 Å². The second-order valence-electron chi connectivity index (χ2n) is 3.52. The van der Waals surface area contributed by atoms with Gasteiger partial charge in [0, 0.05) is 6.42 Å². The van der Waals surface area contributed by atoms with Gasteiger partial charge >= 0.3 is 0 Å². The summed E-state index contributed by atoms with van der Waals surface area (Å²) in [7, 11) is 0. The third-order valence-corrected chi connectivity index (χ3v) is 3.19. The van der Waals surface area contributed by atoms with Crippen molar-refractivity contribution in [2.75, 3.05) is 0 Å². The lowest BCUT2D eigenvalue weighted by Gasteiger charge is -2.10. The van der Waals surface area contributed by atoms with Crippen molar-refractivity contribution in [1.29, 1.82) is 0 Å². The van der Waals surface area contributed by atoms with Gasteiger partial charge in [0.25, 0.3) is 0 Å². The number of ketones is 1. The molecule has 0 aliphatic rings. The highest BCUT2D eigenvalue weighted by Gasteiger charge is 2.11. The number of hydrogen-bond acceptors (Lipinski definition) is 2. The van der Waals surface area contributed by atoms with Gasteiger partial charge in [-0.15, -0.1) is 0 Å². The highest BCUT2D eigenvalue weighted by atomic mass is 79.9. The summed E-state index contributed by atoms with van der Waals surface area (Å²) in [5.41, 5.74) is 2.70. The lowest BCUT2D eigenvalue weighted by Crippen LogP contribution is -2.00. The zero-order valence-corrected chi connectivity index (χ0v) is 10.1. The van der Waals surface area contributed by atoms with E-state index in [1.165, 1.54) is 0 Å². The van der Waals surface area contributed by atoms with Gasteiger partial charge in [0.1, 0.15) is 11.5 Å². The molecule has 0 unspecified atom stereocenters. The van der Waals surface area contributed by atoms with Crippen LogP contribution >= 0.6 is 15.9 Å². The zero-order chi connectivity index (χ0) is 10.9. The van der Waals surface area contributed by atoms with Crippen molar-refractivity contribution in [3.8, 4) is 5.75 Å². The highest BCUT2D eigenvalue weighted by molar-refractivity contribution is 9.10. The molecular formula is C11H13BrO2. The zero-order valence-electron chi connectivity index (χ0n) is 8.52. The van der Waals surface area contributed by atoms with Crippen LogP contribution in [0.25, 0.3) is 0 Å². The molecule has 0 spiro atoms. The molecule has 0 radical (unpaired) electrons. The molecule has 0 aliphatic heterocycles. The standard InChI is InChI=1S/C11H13BrO2/c1-6-4-9(5-7(2)13)8(3)10(12)11(6)14/h4,14H,5H2,1-3H3. The predicted octanol–water partition coefficient (Wildman–Crippen LogP) is 2.90. The number of Topliss-reactive ketones (excluding diaryl/α,β-unsaturated/α-hetero) is 1. The maximum atomic E-state index is 11.0. The molecule has 2 nitrogen and oxygen atoms in total. The topological polar surface area (TPSA) is 37.3 Å². The summed E-state index contributed by atoms with van der Waals surface area (Å²) in [6.45, 7) is 5.28. The molecule has 3 heteroatoms. The van der Waals surface area contributed by atoms with Crippen LogP contribution in [0.4, 0.5) is 0 Å². The molecule has 0 fully saturated rings. The van der Waals surface area contributed by atoms with Crippen molar-refractivity contribution >= 4 is 21.7 Å². The van der Waals surface area contributed by atoms with E-state index in [0.29, 0.717) is 10.9 Å². The van der Waals surface area contributed by atoms with Crippen molar-refractivity contribution in [1.82, 2.24) is 0 Å². The number of rotatable bonds is 2. The average Bonchev–Trinajstić information content (AvgIpc) is 2.10. The van der Waals surface area contributed by atoms with Gasteiger partial charge in [-0.3, -0.25) is 4.79 Å². The lowest BCUT2D eigenvalue weighted by molar-refractivity contribution is -0.116. The Bertz CT molecular complexity index is 383. The summed E-state index contributed by atoms with van der Waals surface area (Å²) in [4.78, 5) is 11.0. The van der Waals surface area contributed by atoms with E-state index >= 15 is 0 Å². The second kappa shape index (κ2) is 4.13. The second-order valence-corrected chi connectivity index (χ2v) is 4.31. The van der Waals surface area contributed by atoms with Gasteiger partial charge in [-0.25, -0.2) is 0 Å². The van der Waals surface area contributed by atoms with E-state index in [1.807, 2.05) is 19.9 Å². The summed E-state index contributed by atoms with van der Waals surface area (Å²) < 4.78 is 0.689. The van der Waals surface area contributed by atoms with Crippen LogP contribution in [0.1, 0.15) is 23.6 Å². The fraction of sp³-hybridized carbons (Fsp3) is 0.364. The van der Waals surface area contributed by atoms with Gasteiger partial charge in [0.05, 0.1) is 4.47 Å². The molecule has 76 valence electrons. The number of aryl methyl sites for hydroxylation is 1. The lowest BCUT2D eigenvalue weighted by atomic mass is 10.0. The molecule has 0 amide bonds. The minimum Gasteiger partial charge on any atom is -0.506 e. The van der Waals surface area contributed by atoms with Crippen molar-refractivity contribution in [2.45, 2.75) is 27.2 Å². The molecule has 1 aromatic carbocycles. The Morgan fingerprint density at radius 3 is 2.57 bits per heavy atom. The van der Waals surface area contributed by atoms with E-state index in [1.54, 1.807) is 6.92 Å². The predicted molar refractivity (Wildman–Crippen MR) is 59.7 cm³/mol. The summed E-state index contributed by atoms with van der Waals surface area (Å²) >= 11 is 3.31. The molecule has 0 aliphatic carbocycles. The number of carbonyl (C=O) groups is 1. The number of hydrogen-bond donors (Lipinski definition) is 1. The number of carbonyl (C=O) groups excluding carboxylic acids is 1. The molecule has 0 saturated carbocycles. The molecule has 0 atom stereocenters. The summed E-state index contributed by atoms with van der Waals surface area (Å²) in [6, 6.07) is 1.86. The largest absolute Gasteiger partial charge is 0.506 e. The Balaban J connectivity index is 3.25. The fourth-order valence-electron chi connectivity index (χ4n) is 1.38. The number of benzene rings is 1. The van der Waals surface area contributed by atoms with Crippen molar-refractivity contribution in [3.05, 3.63) is 27.2 Å². The summed E-state index contributed by atoms with van der Waals surface area (Å²) in [6.07, 6.45) is 0.422. The molecule has 0 aromatic heterocycles. The third-order valence-electron chi connectivity index (χ3n) is 2.22. The monoisotopic (exact) mass is 256 g/mol.